The van der Waals surface area contributed by atoms with E-state index >= 15 is 0 Å². The molecule has 0 fully saturated rings. The minimum Gasteiger partial charge on any atom is -0.450 e. The molecule has 2 atom stereocenters. The zero-order valence-corrected chi connectivity index (χ0v) is 10.8. The summed E-state index contributed by atoms with van der Waals surface area (Å²) in [6.45, 7) is 3.83. The highest BCUT2D eigenvalue weighted by Crippen LogP contribution is 2.38. The number of nitro groups is 1. The lowest BCUT2D eigenvalue weighted by atomic mass is 9.87. The van der Waals surface area contributed by atoms with E-state index in [9.17, 15) is 14.9 Å². The molecule has 0 aromatic carbocycles. The Kier molecular flexibility index (Phi) is 4.34. The molecular formula is C11H14ClNO5. The number of nitrogens with zero attached hydrogens (tertiary/aromatic N) is 1. The first-order valence-corrected chi connectivity index (χ1v) is 5.78. The van der Waals surface area contributed by atoms with Crippen molar-refractivity contribution in [1.29, 1.82) is 0 Å². The van der Waals surface area contributed by atoms with Crippen LogP contribution in [0.15, 0.2) is 23.9 Å². The standard InChI is InChI=1S/C11H14ClNO5/c1-7(2)5-8-6-9(13(16)17)3-4-11(8,12)18-10(14)15/h3-4,6-8H,5H2,1-2H3,(H,14,15). The normalized spacial score (nSPS) is 26.9. The predicted molar refractivity (Wildman–Crippen MR) is 64.9 cm³/mol. The third-order valence-corrected chi connectivity index (χ3v) is 3.02. The summed E-state index contributed by atoms with van der Waals surface area (Å²) in [6, 6.07) is 0. The van der Waals surface area contributed by atoms with E-state index in [-0.39, 0.29) is 11.6 Å². The van der Waals surface area contributed by atoms with Crippen molar-refractivity contribution in [2.45, 2.75) is 25.3 Å². The molecule has 2 unspecified atom stereocenters. The largest absolute Gasteiger partial charge is 0.507 e. The van der Waals surface area contributed by atoms with E-state index in [0.29, 0.717) is 6.42 Å². The average molecular weight is 276 g/mol. The maximum Gasteiger partial charge on any atom is 0.507 e. The van der Waals surface area contributed by atoms with Crippen LogP contribution >= 0.6 is 11.6 Å². The van der Waals surface area contributed by atoms with Crippen LogP contribution < -0.4 is 0 Å². The highest BCUT2D eigenvalue weighted by molar-refractivity contribution is 6.25. The Morgan fingerprint density at radius 3 is 2.78 bits per heavy atom. The number of allylic oxidation sites excluding steroid dienone is 1. The van der Waals surface area contributed by atoms with Crippen LogP contribution in [0.1, 0.15) is 20.3 Å². The molecule has 1 aliphatic carbocycles. The monoisotopic (exact) mass is 275 g/mol. The molecule has 1 aliphatic rings. The van der Waals surface area contributed by atoms with Crippen molar-refractivity contribution in [2.75, 3.05) is 0 Å². The highest BCUT2D eigenvalue weighted by atomic mass is 35.5. The number of carboxylic acid groups (broad SMARTS) is 1. The van der Waals surface area contributed by atoms with Crippen molar-refractivity contribution >= 4 is 17.8 Å². The fraction of sp³-hybridized carbons (Fsp3) is 0.545. The van der Waals surface area contributed by atoms with Gasteiger partial charge in [0.2, 0.25) is 5.06 Å². The van der Waals surface area contributed by atoms with Crippen LogP contribution in [0.5, 0.6) is 0 Å². The van der Waals surface area contributed by atoms with E-state index in [1.807, 2.05) is 13.8 Å². The van der Waals surface area contributed by atoms with E-state index in [1.54, 1.807) is 0 Å². The lowest BCUT2D eigenvalue weighted by molar-refractivity contribution is -0.420. The third-order valence-electron chi connectivity index (χ3n) is 2.54. The summed E-state index contributed by atoms with van der Waals surface area (Å²) in [4.78, 5) is 20.8. The second-order valence-corrected chi connectivity index (χ2v) is 5.07. The van der Waals surface area contributed by atoms with E-state index in [2.05, 4.69) is 4.74 Å². The summed E-state index contributed by atoms with van der Waals surface area (Å²) in [7, 11) is 0. The van der Waals surface area contributed by atoms with Gasteiger partial charge in [-0.05, 0) is 18.4 Å². The zero-order valence-electron chi connectivity index (χ0n) is 10.00. The van der Waals surface area contributed by atoms with Crippen LogP contribution in [-0.2, 0) is 4.74 Å². The summed E-state index contributed by atoms with van der Waals surface area (Å²) >= 11 is 6.09. The summed E-state index contributed by atoms with van der Waals surface area (Å²) in [6.07, 6.45) is 2.69. The van der Waals surface area contributed by atoms with Crippen LogP contribution in [0.3, 0.4) is 0 Å². The molecule has 18 heavy (non-hydrogen) atoms. The Morgan fingerprint density at radius 1 is 1.72 bits per heavy atom. The number of carbonyl (C=O) groups is 1. The van der Waals surface area contributed by atoms with Crippen LogP contribution in [0.25, 0.3) is 0 Å². The summed E-state index contributed by atoms with van der Waals surface area (Å²) in [5, 5.41) is 17.8. The third kappa shape index (κ3) is 3.46. The molecule has 0 aromatic rings. The number of halogens is 1. The minimum atomic E-state index is -1.57. The molecule has 100 valence electrons. The Morgan fingerprint density at radius 2 is 2.33 bits per heavy atom. The molecule has 7 heteroatoms. The second kappa shape index (κ2) is 5.39. The van der Waals surface area contributed by atoms with Gasteiger partial charge in [-0.15, -0.1) is 0 Å². The zero-order chi connectivity index (χ0) is 13.9. The topological polar surface area (TPSA) is 89.7 Å². The van der Waals surface area contributed by atoms with Crippen molar-refractivity contribution in [3.8, 4) is 0 Å². The Balaban J connectivity index is 3.02. The first-order valence-electron chi connectivity index (χ1n) is 5.41. The fourth-order valence-electron chi connectivity index (χ4n) is 1.80. The fourth-order valence-corrected chi connectivity index (χ4v) is 2.08. The van der Waals surface area contributed by atoms with Gasteiger partial charge < -0.3 is 9.84 Å². The molecule has 6 nitrogen and oxygen atoms in total. The van der Waals surface area contributed by atoms with Gasteiger partial charge >= 0.3 is 6.16 Å². The van der Waals surface area contributed by atoms with Crippen molar-refractivity contribution < 1.29 is 19.6 Å². The number of hydrogen-bond acceptors (Lipinski definition) is 4. The number of hydrogen-bond donors (Lipinski definition) is 1. The van der Waals surface area contributed by atoms with Crippen molar-refractivity contribution in [1.82, 2.24) is 0 Å². The molecule has 0 saturated carbocycles. The number of rotatable bonds is 4. The smallest absolute Gasteiger partial charge is 0.450 e. The Bertz CT molecular complexity index is 418. The molecule has 0 amide bonds. The second-order valence-electron chi connectivity index (χ2n) is 4.48. The van der Waals surface area contributed by atoms with E-state index < -0.39 is 22.1 Å². The maximum absolute atomic E-state index is 10.7. The molecule has 0 aliphatic heterocycles. The average Bonchev–Trinajstić information content (AvgIpc) is 2.19. The van der Waals surface area contributed by atoms with Crippen LogP contribution in [-0.4, -0.2) is 21.2 Å². The first kappa shape index (κ1) is 14.5. The lowest BCUT2D eigenvalue weighted by Gasteiger charge is -2.31. The first-order chi connectivity index (χ1) is 8.24. The molecule has 0 radical (unpaired) electrons. The van der Waals surface area contributed by atoms with Gasteiger partial charge in [-0.1, -0.05) is 25.4 Å². The van der Waals surface area contributed by atoms with E-state index in [4.69, 9.17) is 16.7 Å². The number of ether oxygens (including phenoxy) is 1. The quantitative estimate of drug-likeness (QED) is 0.369. The van der Waals surface area contributed by atoms with Crippen molar-refractivity contribution in [3.05, 3.63) is 34.0 Å². The van der Waals surface area contributed by atoms with Gasteiger partial charge in [0, 0.05) is 18.1 Å². The Labute approximate surface area is 109 Å². The van der Waals surface area contributed by atoms with Gasteiger partial charge in [0.25, 0.3) is 5.70 Å². The van der Waals surface area contributed by atoms with Crippen LogP contribution in [0.4, 0.5) is 4.79 Å². The lowest BCUT2D eigenvalue weighted by Crippen LogP contribution is -2.37. The SMILES string of the molecule is CC(C)CC1C=C([N+](=O)[O-])C=CC1(Cl)OC(=O)O. The van der Waals surface area contributed by atoms with Gasteiger partial charge in [-0.25, -0.2) is 4.79 Å². The van der Waals surface area contributed by atoms with Gasteiger partial charge in [0.1, 0.15) is 0 Å². The molecule has 1 N–H and O–H groups in total. The summed E-state index contributed by atoms with van der Waals surface area (Å²) < 4.78 is 4.65. The molecule has 0 heterocycles. The highest BCUT2D eigenvalue weighted by Gasteiger charge is 2.41. The van der Waals surface area contributed by atoms with E-state index in [1.165, 1.54) is 12.2 Å². The van der Waals surface area contributed by atoms with Gasteiger partial charge in [-0.3, -0.25) is 10.1 Å². The molecule has 0 bridgehead atoms. The van der Waals surface area contributed by atoms with Crippen molar-refractivity contribution in [2.24, 2.45) is 11.8 Å². The minimum absolute atomic E-state index is 0.106. The van der Waals surface area contributed by atoms with Crippen LogP contribution in [0.2, 0.25) is 0 Å². The van der Waals surface area contributed by atoms with Gasteiger partial charge in [0.15, 0.2) is 0 Å². The predicted octanol–water partition coefficient (Wildman–Crippen LogP) is 3.01. The van der Waals surface area contributed by atoms with Gasteiger partial charge in [0.05, 0.1) is 4.92 Å². The number of alkyl halides is 1. The Hall–Kier alpha value is -1.56. The molecular weight excluding hydrogens is 262 g/mol. The summed E-state index contributed by atoms with van der Waals surface area (Å²) in [5.41, 5.74) is -0.106. The molecule has 1 rings (SSSR count). The molecule has 0 aromatic heterocycles. The van der Waals surface area contributed by atoms with Crippen LogP contribution in [0, 0.1) is 22.0 Å². The van der Waals surface area contributed by atoms with Crippen molar-refractivity contribution in [3.63, 3.8) is 0 Å². The van der Waals surface area contributed by atoms with E-state index in [0.717, 1.165) is 6.08 Å². The molecule has 0 saturated heterocycles. The summed E-state index contributed by atoms with van der Waals surface area (Å²) in [5.74, 6) is -0.373. The van der Waals surface area contributed by atoms with Gasteiger partial charge in [-0.2, -0.15) is 0 Å². The molecule has 0 spiro atoms. The maximum atomic E-state index is 10.7.